The molecule has 7 heteroatoms. The summed E-state index contributed by atoms with van der Waals surface area (Å²) >= 11 is 0. The molecule has 0 bridgehead atoms. The maximum atomic E-state index is 9.14. The zero-order chi connectivity index (χ0) is 8.55. The summed E-state index contributed by atoms with van der Waals surface area (Å²) in [6.07, 6.45) is -0.457. The summed E-state index contributed by atoms with van der Waals surface area (Å²) in [5, 5.41) is 21.4. The molecule has 1 aliphatic heterocycles. The van der Waals surface area contributed by atoms with E-state index in [1.807, 2.05) is 0 Å². The van der Waals surface area contributed by atoms with Crippen molar-refractivity contribution in [2.24, 2.45) is 7.05 Å². The molecule has 0 saturated carbocycles. The lowest BCUT2D eigenvalue weighted by molar-refractivity contribution is 0.114. The van der Waals surface area contributed by atoms with Crippen LogP contribution in [0.4, 0.5) is 5.95 Å². The number of nitrogens with zero attached hydrogens (tertiary/aromatic N) is 5. The quantitative estimate of drug-likeness (QED) is 0.544. The summed E-state index contributed by atoms with van der Waals surface area (Å²) in [6.45, 7) is 0.709. The van der Waals surface area contributed by atoms with E-state index in [1.54, 1.807) is 7.05 Å². The predicted octanol–water partition coefficient (Wildman–Crippen LogP) is -1.68. The van der Waals surface area contributed by atoms with Gasteiger partial charge in [-0.15, -0.1) is 0 Å². The normalized spacial score (nSPS) is 23.5. The molecule has 66 valence electrons. The fraction of sp³-hybridized carbons (Fsp3) is 0.800. The highest BCUT2D eigenvalue weighted by Crippen LogP contribution is 2.13. The first-order valence-electron chi connectivity index (χ1n) is 3.58. The number of aliphatic hydroxyl groups is 1. The molecular weight excluding hydrogens is 162 g/mol. The van der Waals surface area contributed by atoms with Crippen molar-refractivity contribution < 1.29 is 9.94 Å². The lowest BCUT2D eigenvalue weighted by Crippen LogP contribution is -2.23. The van der Waals surface area contributed by atoms with Gasteiger partial charge in [-0.25, -0.2) is 9.75 Å². The molecule has 1 aliphatic rings. The van der Waals surface area contributed by atoms with Crippen molar-refractivity contribution in [1.29, 1.82) is 0 Å². The molecule has 0 aliphatic carbocycles. The Morgan fingerprint density at radius 2 is 2.50 bits per heavy atom. The second kappa shape index (κ2) is 2.68. The van der Waals surface area contributed by atoms with Crippen molar-refractivity contribution in [2.45, 2.75) is 6.10 Å². The molecule has 0 aromatic carbocycles. The van der Waals surface area contributed by atoms with Crippen LogP contribution in [0.15, 0.2) is 0 Å². The van der Waals surface area contributed by atoms with Gasteiger partial charge in [0.25, 0.3) is 5.95 Å². The number of hydrogen-bond donors (Lipinski definition) is 1. The largest absolute Gasteiger partial charge is 0.389 e. The van der Waals surface area contributed by atoms with Crippen LogP contribution in [0.2, 0.25) is 0 Å². The van der Waals surface area contributed by atoms with E-state index in [9.17, 15) is 0 Å². The monoisotopic (exact) mass is 171 g/mol. The molecule has 1 aromatic heterocycles. The first kappa shape index (κ1) is 7.44. The number of aryl methyl sites for hydroxylation is 1. The van der Waals surface area contributed by atoms with Crippen molar-refractivity contribution in [3.8, 4) is 0 Å². The van der Waals surface area contributed by atoms with Gasteiger partial charge in [0.1, 0.15) is 12.7 Å². The molecule has 7 nitrogen and oxygen atoms in total. The highest BCUT2D eigenvalue weighted by atomic mass is 16.7. The van der Waals surface area contributed by atoms with Crippen LogP contribution >= 0.6 is 0 Å². The average molecular weight is 171 g/mol. The van der Waals surface area contributed by atoms with E-state index in [0.29, 0.717) is 19.1 Å². The summed E-state index contributed by atoms with van der Waals surface area (Å²) in [7, 11) is 1.71. The molecule has 12 heavy (non-hydrogen) atoms. The zero-order valence-corrected chi connectivity index (χ0v) is 6.58. The molecule has 0 amide bonds. The third-order valence-corrected chi connectivity index (χ3v) is 1.62. The SMILES string of the molecule is Cn1nnnc1N1CC(O)CO1. The Bertz CT molecular complexity index is 275. The van der Waals surface area contributed by atoms with Gasteiger partial charge in [-0.2, -0.15) is 0 Å². The minimum Gasteiger partial charge on any atom is -0.389 e. The molecule has 1 aromatic rings. The number of aromatic nitrogens is 4. The fourth-order valence-corrected chi connectivity index (χ4v) is 1.05. The Labute approximate surface area is 68.5 Å². The molecule has 1 saturated heterocycles. The summed E-state index contributed by atoms with van der Waals surface area (Å²) in [5.74, 6) is 0.506. The minimum absolute atomic E-state index is 0.298. The van der Waals surface area contributed by atoms with Gasteiger partial charge in [0, 0.05) is 7.05 Å². The molecule has 1 N–H and O–H groups in total. The van der Waals surface area contributed by atoms with Crippen molar-refractivity contribution in [2.75, 3.05) is 18.2 Å². The number of hydroxylamine groups is 1. The number of anilines is 1. The van der Waals surface area contributed by atoms with Crippen LogP contribution in [-0.4, -0.2) is 44.6 Å². The molecular formula is C5H9N5O2. The smallest absolute Gasteiger partial charge is 0.269 e. The van der Waals surface area contributed by atoms with Crippen molar-refractivity contribution in [3.63, 3.8) is 0 Å². The third-order valence-electron chi connectivity index (χ3n) is 1.62. The van der Waals surface area contributed by atoms with Gasteiger partial charge in [0.15, 0.2) is 0 Å². The van der Waals surface area contributed by atoms with Crippen LogP contribution in [-0.2, 0) is 11.9 Å². The van der Waals surface area contributed by atoms with Crippen molar-refractivity contribution in [1.82, 2.24) is 20.2 Å². The van der Waals surface area contributed by atoms with Crippen LogP contribution in [0.5, 0.6) is 0 Å². The highest BCUT2D eigenvalue weighted by molar-refractivity contribution is 5.24. The van der Waals surface area contributed by atoms with Gasteiger partial charge in [-0.3, -0.25) is 4.84 Å². The minimum atomic E-state index is -0.457. The summed E-state index contributed by atoms with van der Waals surface area (Å²) in [6, 6.07) is 0. The maximum Gasteiger partial charge on any atom is 0.269 e. The zero-order valence-electron chi connectivity index (χ0n) is 6.58. The van der Waals surface area contributed by atoms with Gasteiger partial charge in [-0.05, 0) is 10.4 Å². The molecule has 1 fully saturated rings. The Kier molecular flexibility index (Phi) is 1.66. The molecule has 2 heterocycles. The number of hydrogen-bond acceptors (Lipinski definition) is 6. The Morgan fingerprint density at radius 1 is 1.67 bits per heavy atom. The van der Waals surface area contributed by atoms with E-state index < -0.39 is 6.10 Å². The fourth-order valence-electron chi connectivity index (χ4n) is 1.05. The molecule has 2 rings (SSSR count). The lowest BCUT2D eigenvalue weighted by atomic mass is 10.4. The molecule has 0 radical (unpaired) electrons. The topological polar surface area (TPSA) is 76.3 Å². The van der Waals surface area contributed by atoms with E-state index in [-0.39, 0.29) is 0 Å². The second-order valence-electron chi connectivity index (χ2n) is 2.61. The van der Waals surface area contributed by atoms with Crippen molar-refractivity contribution in [3.05, 3.63) is 0 Å². The number of rotatable bonds is 1. The highest BCUT2D eigenvalue weighted by Gasteiger charge is 2.25. The van der Waals surface area contributed by atoms with Crippen LogP contribution < -0.4 is 5.06 Å². The van der Waals surface area contributed by atoms with Crippen LogP contribution in [0.25, 0.3) is 0 Å². The average Bonchev–Trinajstić information content (AvgIpc) is 2.58. The molecule has 1 atom stereocenters. The first-order chi connectivity index (χ1) is 5.77. The predicted molar refractivity (Wildman–Crippen MR) is 38.1 cm³/mol. The summed E-state index contributed by atoms with van der Waals surface area (Å²) in [5.41, 5.74) is 0. The summed E-state index contributed by atoms with van der Waals surface area (Å²) < 4.78 is 1.48. The summed E-state index contributed by atoms with van der Waals surface area (Å²) in [4.78, 5) is 5.11. The lowest BCUT2D eigenvalue weighted by Gasteiger charge is -2.11. The number of aliphatic hydroxyl groups excluding tert-OH is 1. The Balaban J connectivity index is 2.16. The van der Waals surface area contributed by atoms with Crippen LogP contribution in [0.1, 0.15) is 0 Å². The van der Waals surface area contributed by atoms with E-state index in [1.165, 1.54) is 9.75 Å². The Morgan fingerprint density at radius 3 is 3.00 bits per heavy atom. The van der Waals surface area contributed by atoms with Gasteiger partial charge in [-0.1, -0.05) is 5.10 Å². The number of β-amino-alcohol motifs (C(OH)–C–C–N with tert-alkyl or cyclic N) is 1. The van der Waals surface area contributed by atoms with Crippen LogP contribution in [0, 0.1) is 0 Å². The maximum absolute atomic E-state index is 9.14. The van der Waals surface area contributed by atoms with E-state index in [2.05, 4.69) is 15.5 Å². The second-order valence-corrected chi connectivity index (χ2v) is 2.61. The van der Waals surface area contributed by atoms with Gasteiger partial charge in [0.05, 0.1) is 6.54 Å². The van der Waals surface area contributed by atoms with Gasteiger partial charge >= 0.3 is 0 Å². The van der Waals surface area contributed by atoms with Gasteiger partial charge in [0.2, 0.25) is 0 Å². The molecule has 0 spiro atoms. The van der Waals surface area contributed by atoms with Crippen LogP contribution in [0.3, 0.4) is 0 Å². The van der Waals surface area contributed by atoms with E-state index in [4.69, 9.17) is 9.94 Å². The standard InChI is InChI=1S/C5H9N5O2/c1-9-5(6-7-8-9)10-2-4(11)3-12-10/h4,11H,2-3H2,1H3. The molecule has 1 unspecified atom stereocenters. The van der Waals surface area contributed by atoms with E-state index >= 15 is 0 Å². The van der Waals surface area contributed by atoms with Gasteiger partial charge < -0.3 is 5.11 Å². The van der Waals surface area contributed by atoms with E-state index in [0.717, 1.165) is 0 Å². The number of tetrazole rings is 1. The van der Waals surface area contributed by atoms with Crippen molar-refractivity contribution >= 4 is 5.95 Å². The first-order valence-corrected chi connectivity index (χ1v) is 3.58. The third kappa shape index (κ3) is 1.12. The Hall–Kier alpha value is -1.21.